The zero-order valence-corrected chi connectivity index (χ0v) is 19.1. The van der Waals surface area contributed by atoms with Gasteiger partial charge in [-0.1, -0.05) is 104 Å². The summed E-state index contributed by atoms with van der Waals surface area (Å²) in [4.78, 5) is 5.26. The van der Waals surface area contributed by atoms with E-state index in [0.29, 0.717) is 6.17 Å². The van der Waals surface area contributed by atoms with Crippen LogP contribution in [0.5, 0.6) is 0 Å². The minimum Gasteiger partial charge on any atom is -0.356 e. The SMILES string of the molecule is CCCCCCCCCCCCN1C=CN(CCCC)C1CCCCCC. The fourth-order valence-electron chi connectivity index (χ4n) is 4.22. The first-order valence-corrected chi connectivity index (χ1v) is 12.5. The summed E-state index contributed by atoms with van der Waals surface area (Å²) < 4.78 is 0. The summed E-state index contributed by atoms with van der Waals surface area (Å²) in [6.45, 7) is 9.40. The second-order valence-corrected chi connectivity index (χ2v) is 8.64. The highest BCUT2D eigenvalue weighted by atomic mass is 15.4. The Balaban J connectivity index is 2.15. The molecule has 1 rings (SSSR count). The van der Waals surface area contributed by atoms with Gasteiger partial charge in [-0.05, 0) is 25.7 Å². The summed E-state index contributed by atoms with van der Waals surface area (Å²) >= 11 is 0. The molecule has 0 saturated heterocycles. The molecule has 0 radical (unpaired) electrons. The maximum atomic E-state index is 2.65. The van der Waals surface area contributed by atoms with Crippen LogP contribution in [0.3, 0.4) is 0 Å². The van der Waals surface area contributed by atoms with E-state index in [1.165, 1.54) is 122 Å². The van der Waals surface area contributed by atoms with Gasteiger partial charge in [0.1, 0.15) is 6.17 Å². The summed E-state index contributed by atoms with van der Waals surface area (Å²) in [5.74, 6) is 0. The van der Waals surface area contributed by atoms with Crippen molar-refractivity contribution in [2.45, 2.75) is 136 Å². The Morgan fingerprint density at radius 3 is 1.41 bits per heavy atom. The Morgan fingerprint density at radius 1 is 0.481 bits per heavy atom. The fourth-order valence-corrected chi connectivity index (χ4v) is 4.22. The average Bonchev–Trinajstić information content (AvgIpc) is 3.06. The molecule has 0 saturated carbocycles. The van der Waals surface area contributed by atoms with Gasteiger partial charge in [0.15, 0.2) is 0 Å². The second kappa shape index (κ2) is 17.4. The molecule has 0 bridgehead atoms. The van der Waals surface area contributed by atoms with Crippen LogP contribution in [0.2, 0.25) is 0 Å². The van der Waals surface area contributed by atoms with Crippen LogP contribution in [0.1, 0.15) is 130 Å². The Morgan fingerprint density at radius 2 is 0.889 bits per heavy atom. The van der Waals surface area contributed by atoms with Crippen LogP contribution in [0.4, 0.5) is 0 Å². The third-order valence-electron chi connectivity index (χ3n) is 6.07. The van der Waals surface area contributed by atoms with E-state index >= 15 is 0 Å². The zero-order valence-electron chi connectivity index (χ0n) is 19.1. The van der Waals surface area contributed by atoms with Crippen LogP contribution in [-0.4, -0.2) is 29.1 Å². The molecule has 0 aliphatic carbocycles. The third kappa shape index (κ3) is 11.7. The third-order valence-corrected chi connectivity index (χ3v) is 6.07. The molecule has 0 spiro atoms. The van der Waals surface area contributed by atoms with Crippen LogP contribution in [-0.2, 0) is 0 Å². The van der Waals surface area contributed by atoms with E-state index in [1.807, 2.05) is 0 Å². The number of hydrogen-bond acceptors (Lipinski definition) is 2. The van der Waals surface area contributed by atoms with Gasteiger partial charge in [-0.3, -0.25) is 0 Å². The lowest BCUT2D eigenvalue weighted by Gasteiger charge is -2.33. The number of nitrogens with zero attached hydrogens (tertiary/aromatic N) is 2. The maximum Gasteiger partial charge on any atom is 0.101 e. The molecule has 0 amide bonds. The lowest BCUT2D eigenvalue weighted by molar-refractivity contribution is 0.136. The molecule has 1 unspecified atom stereocenters. The van der Waals surface area contributed by atoms with E-state index in [1.54, 1.807) is 0 Å². The summed E-state index contributed by atoms with van der Waals surface area (Å²) in [5, 5.41) is 0. The predicted octanol–water partition coefficient (Wildman–Crippen LogP) is 8.09. The van der Waals surface area contributed by atoms with Crippen molar-refractivity contribution in [1.29, 1.82) is 0 Å². The van der Waals surface area contributed by atoms with Crippen LogP contribution in [0.15, 0.2) is 12.4 Å². The molecule has 1 heterocycles. The van der Waals surface area contributed by atoms with E-state index < -0.39 is 0 Å². The van der Waals surface area contributed by atoms with Crippen LogP contribution in [0.25, 0.3) is 0 Å². The lowest BCUT2D eigenvalue weighted by atomic mass is 10.1. The average molecular weight is 379 g/mol. The lowest BCUT2D eigenvalue weighted by Crippen LogP contribution is -2.39. The summed E-state index contributed by atoms with van der Waals surface area (Å²) in [6.07, 6.45) is 29.2. The first-order chi connectivity index (χ1) is 13.3. The van der Waals surface area contributed by atoms with Gasteiger partial charge in [-0.25, -0.2) is 0 Å². The van der Waals surface area contributed by atoms with Crippen LogP contribution in [0, 0.1) is 0 Å². The van der Waals surface area contributed by atoms with Gasteiger partial charge >= 0.3 is 0 Å². The fraction of sp³-hybridized carbons (Fsp3) is 0.920. The Bertz CT molecular complexity index is 339. The number of hydrogen-bond donors (Lipinski definition) is 0. The van der Waals surface area contributed by atoms with E-state index in [0.717, 1.165) is 0 Å². The van der Waals surface area contributed by atoms with Crippen molar-refractivity contribution in [3.8, 4) is 0 Å². The van der Waals surface area contributed by atoms with E-state index in [4.69, 9.17) is 0 Å². The molecular formula is C25H50N2. The number of rotatable bonds is 19. The topological polar surface area (TPSA) is 6.48 Å². The first-order valence-electron chi connectivity index (χ1n) is 12.5. The first kappa shape index (κ1) is 24.4. The molecule has 0 N–H and O–H groups in total. The van der Waals surface area contributed by atoms with Gasteiger partial charge in [0, 0.05) is 25.5 Å². The molecule has 0 fully saturated rings. The Hall–Kier alpha value is -0.660. The van der Waals surface area contributed by atoms with Gasteiger partial charge in [-0.15, -0.1) is 0 Å². The molecule has 2 nitrogen and oxygen atoms in total. The van der Waals surface area contributed by atoms with Crippen molar-refractivity contribution in [3.05, 3.63) is 12.4 Å². The van der Waals surface area contributed by atoms with Crippen molar-refractivity contribution >= 4 is 0 Å². The normalized spacial score (nSPS) is 16.6. The molecule has 1 atom stereocenters. The summed E-state index contributed by atoms with van der Waals surface area (Å²) in [7, 11) is 0. The van der Waals surface area contributed by atoms with E-state index in [2.05, 4.69) is 43.0 Å². The van der Waals surface area contributed by atoms with Gasteiger partial charge in [0.25, 0.3) is 0 Å². The predicted molar refractivity (Wildman–Crippen MR) is 122 cm³/mol. The van der Waals surface area contributed by atoms with Crippen molar-refractivity contribution in [2.24, 2.45) is 0 Å². The van der Waals surface area contributed by atoms with Crippen molar-refractivity contribution in [2.75, 3.05) is 13.1 Å². The van der Waals surface area contributed by atoms with Crippen LogP contribution >= 0.6 is 0 Å². The van der Waals surface area contributed by atoms with Gasteiger partial charge < -0.3 is 9.80 Å². The van der Waals surface area contributed by atoms with Gasteiger partial charge in [0.05, 0.1) is 0 Å². The van der Waals surface area contributed by atoms with Crippen molar-refractivity contribution < 1.29 is 0 Å². The number of unbranched alkanes of at least 4 members (excludes halogenated alkanes) is 13. The maximum absolute atomic E-state index is 2.65. The van der Waals surface area contributed by atoms with Gasteiger partial charge in [-0.2, -0.15) is 0 Å². The highest BCUT2D eigenvalue weighted by Gasteiger charge is 2.24. The molecule has 1 aliphatic rings. The molecule has 27 heavy (non-hydrogen) atoms. The standard InChI is InChI=1S/C25H50N2/c1-4-7-10-12-13-14-15-16-17-19-22-27-24-23-26(21-9-6-3)25(27)20-18-11-8-5-2/h23-25H,4-22H2,1-3H3. The highest BCUT2D eigenvalue weighted by Crippen LogP contribution is 2.23. The molecule has 0 aromatic heterocycles. The van der Waals surface area contributed by atoms with Crippen molar-refractivity contribution in [3.63, 3.8) is 0 Å². The molecule has 0 aromatic rings. The quantitative estimate of drug-likeness (QED) is 0.209. The van der Waals surface area contributed by atoms with E-state index in [9.17, 15) is 0 Å². The minimum atomic E-state index is 0.645. The molecular weight excluding hydrogens is 328 g/mol. The highest BCUT2D eigenvalue weighted by molar-refractivity contribution is 4.96. The monoisotopic (exact) mass is 378 g/mol. The zero-order chi connectivity index (χ0) is 19.6. The van der Waals surface area contributed by atoms with Crippen LogP contribution < -0.4 is 0 Å². The minimum absolute atomic E-state index is 0.645. The summed E-state index contributed by atoms with van der Waals surface area (Å²) in [6, 6.07) is 0. The Labute approximate surface area is 171 Å². The molecule has 1 aliphatic heterocycles. The summed E-state index contributed by atoms with van der Waals surface area (Å²) in [5.41, 5.74) is 0. The molecule has 160 valence electrons. The molecule has 2 heteroatoms. The second-order valence-electron chi connectivity index (χ2n) is 8.64. The largest absolute Gasteiger partial charge is 0.356 e. The Kier molecular flexibility index (Phi) is 15.7. The smallest absolute Gasteiger partial charge is 0.101 e. The van der Waals surface area contributed by atoms with Crippen molar-refractivity contribution in [1.82, 2.24) is 9.80 Å². The van der Waals surface area contributed by atoms with Gasteiger partial charge in [0.2, 0.25) is 0 Å². The molecule has 0 aromatic carbocycles. The van der Waals surface area contributed by atoms with E-state index in [-0.39, 0.29) is 0 Å².